The van der Waals surface area contributed by atoms with Crippen LogP contribution in [0.15, 0.2) is 18.2 Å². The smallest absolute Gasteiger partial charge is 0.134 e. The molecule has 2 N–H and O–H groups in total. The van der Waals surface area contributed by atoms with Gasteiger partial charge in [-0.15, -0.1) is 0 Å². The van der Waals surface area contributed by atoms with Crippen molar-refractivity contribution in [2.24, 2.45) is 0 Å². The quantitative estimate of drug-likeness (QED) is 0.574. The number of hydrogen-bond acceptors (Lipinski definition) is 5. The monoisotopic (exact) mass is 337 g/mol. The summed E-state index contributed by atoms with van der Waals surface area (Å²) in [6.07, 6.45) is 0.777. The molecule has 1 aromatic carbocycles. The zero-order valence-electron chi connectivity index (χ0n) is 15.3. The van der Waals surface area contributed by atoms with E-state index < -0.39 is 6.10 Å². The van der Waals surface area contributed by atoms with Crippen molar-refractivity contribution in [2.45, 2.75) is 59.3 Å². The third-order valence-electron chi connectivity index (χ3n) is 3.38. The highest BCUT2D eigenvalue weighted by Crippen LogP contribution is 2.22. The molecule has 0 fully saturated rings. The molecule has 0 aliphatic carbocycles. The second-order valence-corrected chi connectivity index (χ2v) is 6.40. The molecule has 0 aliphatic rings. The van der Waals surface area contributed by atoms with Crippen molar-refractivity contribution in [1.82, 2.24) is 5.32 Å². The van der Waals surface area contributed by atoms with Crippen LogP contribution in [0.1, 0.15) is 45.2 Å². The number of nitrogens with one attached hydrogen (secondary N) is 1. The van der Waals surface area contributed by atoms with Crippen molar-refractivity contribution < 1.29 is 19.4 Å². The molecule has 1 atom stereocenters. The van der Waals surface area contributed by atoms with Crippen LogP contribution >= 0.6 is 0 Å². The van der Waals surface area contributed by atoms with Crippen molar-refractivity contribution in [1.29, 1.82) is 0 Å². The lowest BCUT2D eigenvalue weighted by molar-refractivity contribution is -0.116. The van der Waals surface area contributed by atoms with E-state index in [1.54, 1.807) is 6.92 Å². The zero-order valence-corrected chi connectivity index (χ0v) is 15.3. The maximum Gasteiger partial charge on any atom is 0.134 e. The molecule has 1 rings (SSSR count). The van der Waals surface area contributed by atoms with E-state index in [4.69, 9.17) is 9.47 Å². The van der Waals surface area contributed by atoms with E-state index in [-0.39, 0.29) is 12.4 Å². The molecule has 0 saturated carbocycles. The van der Waals surface area contributed by atoms with Gasteiger partial charge in [0.05, 0.1) is 6.61 Å². The van der Waals surface area contributed by atoms with Gasteiger partial charge in [0, 0.05) is 31.2 Å². The maximum absolute atomic E-state index is 11.3. The molecule has 136 valence electrons. The Morgan fingerprint density at radius 1 is 1.33 bits per heavy atom. The molecule has 0 spiro atoms. The van der Waals surface area contributed by atoms with Gasteiger partial charge in [0.25, 0.3) is 0 Å². The Bertz CT molecular complexity index is 502. The molecular formula is C19H31NO4. The molecular weight excluding hydrogens is 306 g/mol. The Morgan fingerprint density at radius 3 is 2.71 bits per heavy atom. The molecule has 5 heteroatoms. The lowest BCUT2D eigenvalue weighted by Crippen LogP contribution is -2.35. The van der Waals surface area contributed by atoms with E-state index in [0.717, 1.165) is 17.5 Å². The number of ketones is 1. The summed E-state index contributed by atoms with van der Waals surface area (Å²) in [5.74, 6) is 0.821. The van der Waals surface area contributed by atoms with Gasteiger partial charge in [-0.25, -0.2) is 0 Å². The SMILES string of the molecule is CCCOCc1cc(CC(C)=O)ccc1OC[C@H](O)CNC(C)C. The van der Waals surface area contributed by atoms with Gasteiger partial charge in [-0.05, 0) is 31.0 Å². The summed E-state index contributed by atoms with van der Waals surface area (Å²) >= 11 is 0. The van der Waals surface area contributed by atoms with Gasteiger partial charge in [-0.3, -0.25) is 4.79 Å². The minimum atomic E-state index is -0.575. The van der Waals surface area contributed by atoms with Gasteiger partial charge in [0.2, 0.25) is 0 Å². The average molecular weight is 337 g/mol. The summed E-state index contributed by atoms with van der Waals surface area (Å²) in [6.45, 7) is 9.52. The summed E-state index contributed by atoms with van der Waals surface area (Å²) in [6, 6.07) is 6.01. The second-order valence-electron chi connectivity index (χ2n) is 6.40. The zero-order chi connectivity index (χ0) is 17.9. The average Bonchev–Trinajstić information content (AvgIpc) is 2.51. The first-order chi connectivity index (χ1) is 11.4. The Labute approximate surface area is 145 Å². The molecule has 0 saturated heterocycles. The third-order valence-corrected chi connectivity index (χ3v) is 3.38. The van der Waals surface area contributed by atoms with E-state index in [1.807, 2.05) is 32.0 Å². The normalized spacial score (nSPS) is 12.4. The molecule has 0 aliphatic heterocycles. The van der Waals surface area contributed by atoms with Crippen LogP contribution < -0.4 is 10.1 Å². The van der Waals surface area contributed by atoms with Gasteiger partial charge in [-0.1, -0.05) is 26.8 Å². The first-order valence-corrected chi connectivity index (χ1v) is 8.65. The number of rotatable bonds is 12. The maximum atomic E-state index is 11.3. The number of ether oxygens (including phenoxy) is 2. The minimum Gasteiger partial charge on any atom is -0.490 e. The van der Waals surface area contributed by atoms with Gasteiger partial charge in [0.1, 0.15) is 24.2 Å². The largest absolute Gasteiger partial charge is 0.490 e. The summed E-state index contributed by atoms with van der Waals surface area (Å²) in [5, 5.41) is 13.2. The third kappa shape index (κ3) is 8.43. The van der Waals surface area contributed by atoms with Gasteiger partial charge in [-0.2, -0.15) is 0 Å². The fourth-order valence-corrected chi connectivity index (χ4v) is 2.23. The number of carbonyl (C=O) groups is 1. The van der Waals surface area contributed by atoms with Crippen molar-refractivity contribution in [3.05, 3.63) is 29.3 Å². The molecule has 0 aromatic heterocycles. The van der Waals surface area contributed by atoms with Crippen LogP contribution in [0, 0.1) is 0 Å². The van der Waals surface area contributed by atoms with Crippen LogP contribution in [0.5, 0.6) is 5.75 Å². The van der Waals surface area contributed by atoms with Gasteiger partial charge >= 0.3 is 0 Å². The Hall–Kier alpha value is -1.43. The number of hydrogen-bond donors (Lipinski definition) is 2. The van der Waals surface area contributed by atoms with Crippen LogP contribution in [-0.2, 0) is 22.6 Å². The molecule has 24 heavy (non-hydrogen) atoms. The summed E-state index contributed by atoms with van der Waals surface area (Å²) in [7, 11) is 0. The highest BCUT2D eigenvalue weighted by Gasteiger charge is 2.11. The molecule has 1 aromatic rings. The number of aliphatic hydroxyl groups is 1. The number of benzene rings is 1. The number of carbonyl (C=O) groups excluding carboxylic acids is 1. The topological polar surface area (TPSA) is 67.8 Å². The molecule has 0 bridgehead atoms. The number of aliphatic hydroxyl groups excluding tert-OH is 1. The first kappa shape index (κ1) is 20.6. The number of Topliss-reactive ketones (excluding diaryl/α,β-unsaturated/α-hetero) is 1. The lowest BCUT2D eigenvalue weighted by atomic mass is 10.1. The van der Waals surface area contributed by atoms with Crippen LogP contribution in [-0.4, -0.2) is 42.8 Å². The summed E-state index contributed by atoms with van der Waals surface area (Å²) in [5.41, 5.74) is 1.86. The fourth-order valence-electron chi connectivity index (χ4n) is 2.23. The van der Waals surface area contributed by atoms with Crippen LogP contribution in [0.2, 0.25) is 0 Å². The van der Waals surface area contributed by atoms with E-state index in [1.165, 1.54) is 0 Å². The summed E-state index contributed by atoms with van der Waals surface area (Å²) < 4.78 is 11.4. The molecule has 0 heterocycles. The first-order valence-electron chi connectivity index (χ1n) is 8.65. The predicted octanol–water partition coefficient (Wildman–Crippen LogP) is 2.48. The Balaban J connectivity index is 2.70. The predicted molar refractivity (Wildman–Crippen MR) is 95.4 cm³/mol. The van der Waals surface area contributed by atoms with E-state index in [2.05, 4.69) is 12.2 Å². The second kappa shape index (κ2) is 11.2. The van der Waals surface area contributed by atoms with Crippen LogP contribution in [0.25, 0.3) is 0 Å². The molecule has 0 amide bonds. The van der Waals surface area contributed by atoms with Gasteiger partial charge < -0.3 is 19.9 Å². The Kier molecular flexibility index (Phi) is 9.60. The summed E-state index contributed by atoms with van der Waals surface area (Å²) in [4.78, 5) is 11.3. The van der Waals surface area contributed by atoms with Crippen molar-refractivity contribution in [3.8, 4) is 5.75 Å². The van der Waals surface area contributed by atoms with E-state index in [0.29, 0.717) is 38.0 Å². The van der Waals surface area contributed by atoms with Crippen molar-refractivity contribution in [2.75, 3.05) is 19.8 Å². The lowest BCUT2D eigenvalue weighted by Gasteiger charge is -2.17. The van der Waals surface area contributed by atoms with E-state index >= 15 is 0 Å². The van der Waals surface area contributed by atoms with Crippen LogP contribution in [0.4, 0.5) is 0 Å². The van der Waals surface area contributed by atoms with Crippen molar-refractivity contribution >= 4 is 5.78 Å². The minimum absolute atomic E-state index is 0.124. The standard InChI is InChI=1S/C19H31NO4/c1-5-8-23-12-17-10-16(9-15(4)21)6-7-19(17)24-13-18(22)11-20-14(2)3/h6-7,10,14,18,20,22H,5,8-9,11-13H2,1-4H3/t18-/m1/s1. The molecule has 0 unspecified atom stereocenters. The Morgan fingerprint density at radius 2 is 2.08 bits per heavy atom. The fraction of sp³-hybridized carbons (Fsp3) is 0.632. The van der Waals surface area contributed by atoms with Crippen molar-refractivity contribution in [3.63, 3.8) is 0 Å². The molecule has 5 nitrogen and oxygen atoms in total. The highest BCUT2D eigenvalue weighted by atomic mass is 16.5. The van der Waals surface area contributed by atoms with E-state index in [9.17, 15) is 9.90 Å². The molecule has 0 radical (unpaired) electrons. The van der Waals surface area contributed by atoms with Crippen LogP contribution in [0.3, 0.4) is 0 Å². The highest BCUT2D eigenvalue weighted by molar-refractivity contribution is 5.78. The van der Waals surface area contributed by atoms with Gasteiger partial charge in [0.15, 0.2) is 0 Å².